The Labute approximate surface area is 165 Å². The fraction of sp³-hybridized carbons (Fsp3) is 0.400. The van der Waals surface area contributed by atoms with Crippen molar-refractivity contribution in [3.63, 3.8) is 0 Å². The number of aliphatic imine (C=N–C) groups is 1. The summed E-state index contributed by atoms with van der Waals surface area (Å²) in [7, 11) is 0. The minimum Gasteiger partial charge on any atom is -0.462 e. The number of Topliss-reactive ketones (excluding diaryl/α,β-unsaturated/α-hetero) is 1. The van der Waals surface area contributed by atoms with E-state index >= 15 is 0 Å². The summed E-state index contributed by atoms with van der Waals surface area (Å²) in [6, 6.07) is 3.33. The third-order valence-electron chi connectivity index (χ3n) is 5.39. The predicted molar refractivity (Wildman–Crippen MR) is 98.1 cm³/mol. The summed E-state index contributed by atoms with van der Waals surface area (Å²) in [5, 5.41) is 0. The molecule has 0 radical (unpaired) electrons. The molecule has 0 amide bonds. The second-order valence-corrected chi connectivity index (χ2v) is 7.26. The highest BCUT2D eigenvalue weighted by atomic mass is 19.3. The lowest BCUT2D eigenvalue weighted by molar-refractivity contribution is 0.0176. The molecular weight excluding hydrogens is 385 g/mol. The molecule has 1 aliphatic carbocycles. The number of aromatic nitrogens is 2. The molecule has 6 nitrogen and oxygen atoms in total. The van der Waals surface area contributed by atoms with E-state index in [0.29, 0.717) is 12.0 Å². The number of rotatable bonds is 6. The van der Waals surface area contributed by atoms with Gasteiger partial charge in [-0.2, -0.15) is 0 Å². The Kier molecular flexibility index (Phi) is 4.76. The maximum atomic E-state index is 14.6. The quantitative estimate of drug-likeness (QED) is 0.748. The molecule has 1 fully saturated rings. The van der Waals surface area contributed by atoms with E-state index in [0.717, 1.165) is 18.1 Å². The van der Waals surface area contributed by atoms with Crippen LogP contribution in [-0.4, -0.2) is 34.3 Å². The van der Waals surface area contributed by atoms with Gasteiger partial charge in [0.05, 0.1) is 0 Å². The number of halogens is 3. The Morgan fingerprint density at radius 1 is 1.31 bits per heavy atom. The molecule has 2 aromatic rings. The highest BCUT2D eigenvalue weighted by Crippen LogP contribution is 2.56. The van der Waals surface area contributed by atoms with Crippen molar-refractivity contribution in [1.82, 2.24) is 9.97 Å². The van der Waals surface area contributed by atoms with Crippen molar-refractivity contribution in [2.24, 2.45) is 16.6 Å². The van der Waals surface area contributed by atoms with E-state index in [-0.39, 0.29) is 23.8 Å². The van der Waals surface area contributed by atoms with Gasteiger partial charge >= 0.3 is 0 Å². The van der Waals surface area contributed by atoms with Gasteiger partial charge in [-0.15, -0.1) is 0 Å². The molecule has 1 aromatic heterocycles. The largest absolute Gasteiger partial charge is 0.462 e. The van der Waals surface area contributed by atoms with E-state index in [1.807, 2.05) is 6.92 Å². The molecule has 4 rings (SSSR count). The topological polar surface area (TPSA) is 90.5 Å². The highest BCUT2D eigenvalue weighted by Gasteiger charge is 2.64. The maximum Gasteiger partial charge on any atom is 0.283 e. The molecule has 0 bridgehead atoms. The predicted octanol–water partition coefficient (Wildman–Crippen LogP) is 2.80. The monoisotopic (exact) mass is 404 g/mol. The number of fused-ring (bicyclic) bond motifs is 1. The van der Waals surface area contributed by atoms with Gasteiger partial charge in [0.2, 0.25) is 5.78 Å². The van der Waals surface area contributed by atoms with Crippen LogP contribution in [0, 0.1) is 11.7 Å². The molecule has 1 saturated carbocycles. The number of amidine groups is 1. The Hall–Kier alpha value is -2.97. The first-order valence-electron chi connectivity index (χ1n) is 9.28. The van der Waals surface area contributed by atoms with E-state index in [2.05, 4.69) is 15.0 Å². The van der Waals surface area contributed by atoms with Crippen LogP contribution in [0.1, 0.15) is 40.7 Å². The molecule has 0 unspecified atom stereocenters. The van der Waals surface area contributed by atoms with Gasteiger partial charge in [0.15, 0.2) is 11.4 Å². The number of nitrogens with two attached hydrogens (primary N) is 1. The smallest absolute Gasteiger partial charge is 0.283 e. The van der Waals surface area contributed by atoms with Crippen molar-refractivity contribution >= 4 is 11.8 Å². The number of hydrogen-bond acceptors (Lipinski definition) is 6. The van der Waals surface area contributed by atoms with Gasteiger partial charge in [0, 0.05) is 30.3 Å². The van der Waals surface area contributed by atoms with Gasteiger partial charge in [0.25, 0.3) is 12.4 Å². The molecule has 0 spiro atoms. The Balaban J connectivity index is 1.67. The summed E-state index contributed by atoms with van der Waals surface area (Å²) in [4.78, 5) is 24.4. The van der Waals surface area contributed by atoms with Crippen molar-refractivity contribution in [2.45, 2.75) is 44.3 Å². The number of carbonyl (C=O) groups excluding carboxylic acids is 1. The molecule has 1 aromatic carbocycles. The van der Waals surface area contributed by atoms with Crippen LogP contribution in [0.5, 0.6) is 0 Å². The number of hydrogen-bond donors (Lipinski definition) is 1. The van der Waals surface area contributed by atoms with Crippen molar-refractivity contribution in [2.75, 3.05) is 0 Å². The zero-order chi connectivity index (χ0) is 20.8. The summed E-state index contributed by atoms with van der Waals surface area (Å²) in [5.74, 6) is -1.86. The fourth-order valence-corrected chi connectivity index (χ4v) is 3.73. The highest BCUT2D eigenvalue weighted by molar-refractivity contribution is 5.94. The molecule has 152 valence electrons. The number of nitrogens with zero attached hydrogens (tertiary/aromatic N) is 3. The lowest BCUT2D eigenvalue weighted by Crippen LogP contribution is -2.43. The Morgan fingerprint density at radius 3 is 2.69 bits per heavy atom. The third kappa shape index (κ3) is 3.34. The first-order chi connectivity index (χ1) is 13.8. The number of alkyl halides is 2. The number of ether oxygens (including phenoxy) is 1. The second-order valence-electron chi connectivity index (χ2n) is 7.26. The Morgan fingerprint density at radius 2 is 2.03 bits per heavy atom. The van der Waals surface area contributed by atoms with E-state index in [1.165, 1.54) is 12.1 Å². The van der Waals surface area contributed by atoms with E-state index in [1.54, 1.807) is 12.4 Å². The maximum absolute atomic E-state index is 14.6. The van der Waals surface area contributed by atoms with Crippen LogP contribution in [0.4, 0.5) is 13.2 Å². The van der Waals surface area contributed by atoms with Gasteiger partial charge in [-0.05, 0) is 36.1 Å². The summed E-state index contributed by atoms with van der Waals surface area (Å²) < 4.78 is 48.1. The van der Waals surface area contributed by atoms with Crippen LogP contribution < -0.4 is 5.73 Å². The molecule has 2 heterocycles. The lowest BCUT2D eigenvalue weighted by Gasteiger charge is -2.33. The van der Waals surface area contributed by atoms with Gasteiger partial charge in [0.1, 0.15) is 11.9 Å². The average Bonchev–Trinajstić information content (AvgIpc) is 3.48. The fourth-order valence-electron chi connectivity index (χ4n) is 3.73. The minimum atomic E-state index is -2.98. The van der Waals surface area contributed by atoms with Crippen molar-refractivity contribution in [3.8, 4) is 0 Å². The Bertz CT molecular complexity index is 980. The van der Waals surface area contributed by atoms with Crippen molar-refractivity contribution in [1.29, 1.82) is 0 Å². The number of benzene rings is 1. The summed E-state index contributed by atoms with van der Waals surface area (Å²) in [5.41, 5.74) is 4.43. The third-order valence-corrected chi connectivity index (χ3v) is 5.39. The number of aryl methyl sites for hydroxylation is 1. The minimum absolute atomic E-state index is 0.0206. The van der Waals surface area contributed by atoms with Crippen molar-refractivity contribution < 1.29 is 22.7 Å². The molecule has 2 aliphatic rings. The van der Waals surface area contributed by atoms with Crippen LogP contribution in [0.3, 0.4) is 0 Å². The molecule has 0 saturated heterocycles. The second kappa shape index (κ2) is 7.13. The first kappa shape index (κ1) is 19.4. The number of ketones is 1. The summed E-state index contributed by atoms with van der Waals surface area (Å²) in [6.07, 6.45) is 0.545. The average molecular weight is 404 g/mol. The molecule has 29 heavy (non-hydrogen) atoms. The zero-order valence-electron chi connectivity index (χ0n) is 15.6. The van der Waals surface area contributed by atoms with Gasteiger partial charge < -0.3 is 10.5 Å². The normalized spacial score (nSPS) is 25.2. The van der Waals surface area contributed by atoms with Crippen LogP contribution in [-0.2, 0) is 23.1 Å². The molecular formula is C20H19F3N4O2. The molecule has 3 atom stereocenters. The van der Waals surface area contributed by atoms with Crippen molar-refractivity contribution in [3.05, 3.63) is 58.9 Å². The van der Waals surface area contributed by atoms with Gasteiger partial charge in [-0.25, -0.2) is 28.1 Å². The molecule has 9 heteroatoms. The van der Waals surface area contributed by atoms with E-state index in [4.69, 9.17) is 10.5 Å². The molecule has 2 N–H and O–H groups in total. The van der Waals surface area contributed by atoms with E-state index < -0.39 is 35.6 Å². The van der Waals surface area contributed by atoms with Crippen LogP contribution >= 0.6 is 0 Å². The van der Waals surface area contributed by atoms with Gasteiger partial charge in [-0.3, -0.25) is 4.79 Å². The first-order valence-corrected chi connectivity index (χ1v) is 9.28. The lowest BCUT2D eigenvalue weighted by atomic mass is 9.83. The van der Waals surface area contributed by atoms with E-state index in [9.17, 15) is 18.0 Å². The summed E-state index contributed by atoms with van der Waals surface area (Å²) >= 11 is 0. The summed E-state index contributed by atoms with van der Waals surface area (Å²) in [6.45, 7) is 1.94. The number of carbonyl (C=O) groups is 1. The zero-order valence-corrected chi connectivity index (χ0v) is 15.6. The standard InChI is InChI=1S/C20H19F3N4O2/c1-2-10-8-25-17(26-9-10)15(28)6-11-3-4-14(21)12(5-11)20(18(22)23)13-7-16(13)29-19(24)27-20/h3-5,8-9,13,16,18H,2,6-7H2,1H3,(H2,24,27)/t13-,16+,20+/m0/s1. The van der Waals surface area contributed by atoms with Crippen LogP contribution in [0.25, 0.3) is 0 Å². The molecule has 1 aliphatic heterocycles. The van der Waals surface area contributed by atoms with Crippen LogP contribution in [0.2, 0.25) is 0 Å². The SMILES string of the molecule is CCc1cnc(C(=O)Cc2ccc(F)c([C@@]3(C(F)F)N=C(N)O[C@@H]4C[C@@H]43)c2)nc1. The van der Waals surface area contributed by atoms with Gasteiger partial charge in [-0.1, -0.05) is 13.0 Å². The van der Waals surface area contributed by atoms with Crippen LogP contribution in [0.15, 0.2) is 35.6 Å².